The zero-order chi connectivity index (χ0) is 17.4. The number of hydrogen-bond donors (Lipinski definition) is 3. The normalized spacial score (nSPS) is 17.0. The molecular formula is C16H22N2O5. The second kappa shape index (κ2) is 8.89. The summed E-state index contributed by atoms with van der Waals surface area (Å²) in [5, 5.41) is 19.3. The Balaban J connectivity index is 0.000000593. The molecule has 1 atom stereocenters. The summed E-state index contributed by atoms with van der Waals surface area (Å²) in [4.78, 5) is 34.0. The highest BCUT2D eigenvalue weighted by molar-refractivity contribution is 5.96. The molecule has 7 heteroatoms. The van der Waals surface area contributed by atoms with Crippen LogP contribution in [0.2, 0.25) is 0 Å². The summed E-state index contributed by atoms with van der Waals surface area (Å²) >= 11 is 0. The maximum absolute atomic E-state index is 12.5. The van der Waals surface area contributed by atoms with Crippen molar-refractivity contribution in [3.05, 3.63) is 35.4 Å². The van der Waals surface area contributed by atoms with Gasteiger partial charge in [0.1, 0.15) is 6.04 Å². The summed E-state index contributed by atoms with van der Waals surface area (Å²) in [6.45, 7) is 4.35. The molecule has 0 aromatic heterocycles. The average Bonchev–Trinajstić information content (AvgIpc) is 2.53. The molecule has 1 heterocycles. The Morgan fingerprint density at radius 2 is 1.87 bits per heavy atom. The van der Waals surface area contributed by atoms with Crippen molar-refractivity contribution in [2.24, 2.45) is 0 Å². The van der Waals surface area contributed by atoms with E-state index in [1.807, 2.05) is 25.1 Å². The SMILES string of the molecule is CC(=O)O.CCc1ccccc1C(=O)N1CCNC(C(=O)O)C1. The topological polar surface area (TPSA) is 107 Å². The van der Waals surface area contributed by atoms with Crippen molar-refractivity contribution in [2.75, 3.05) is 19.6 Å². The van der Waals surface area contributed by atoms with E-state index in [1.54, 1.807) is 11.0 Å². The number of carbonyl (C=O) groups excluding carboxylic acids is 1. The molecule has 2 rings (SSSR count). The first-order chi connectivity index (χ1) is 10.9. The molecule has 1 aliphatic heterocycles. The van der Waals surface area contributed by atoms with E-state index in [0.29, 0.717) is 18.7 Å². The fourth-order valence-corrected chi connectivity index (χ4v) is 2.31. The number of carboxylic acids is 2. The van der Waals surface area contributed by atoms with Crippen LogP contribution >= 0.6 is 0 Å². The number of piperazine rings is 1. The molecule has 1 fully saturated rings. The van der Waals surface area contributed by atoms with E-state index < -0.39 is 18.0 Å². The number of benzene rings is 1. The number of nitrogens with zero attached hydrogens (tertiary/aromatic N) is 1. The minimum Gasteiger partial charge on any atom is -0.481 e. The molecule has 0 radical (unpaired) electrons. The Hall–Kier alpha value is -2.41. The molecule has 1 unspecified atom stereocenters. The lowest BCUT2D eigenvalue weighted by atomic mass is 10.0. The lowest BCUT2D eigenvalue weighted by Gasteiger charge is -2.32. The lowest BCUT2D eigenvalue weighted by Crippen LogP contribution is -2.55. The van der Waals surface area contributed by atoms with Crippen molar-refractivity contribution in [1.29, 1.82) is 0 Å². The van der Waals surface area contributed by atoms with Crippen molar-refractivity contribution >= 4 is 17.8 Å². The highest BCUT2D eigenvalue weighted by Gasteiger charge is 2.28. The average molecular weight is 322 g/mol. The minimum absolute atomic E-state index is 0.0785. The number of rotatable bonds is 3. The van der Waals surface area contributed by atoms with Gasteiger partial charge in [-0.1, -0.05) is 25.1 Å². The molecule has 23 heavy (non-hydrogen) atoms. The van der Waals surface area contributed by atoms with Gasteiger partial charge in [-0.05, 0) is 18.1 Å². The molecule has 0 spiro atoms. The highest BCUT2D eigenvalue weighted by Crippen LogP contribution is 2.14. The van der Waals surface area contributed by atoms with Gasteiger partial charge in [0.05, 0.1) is 0 Å². The molecular weight excluding hydrogens is 300 g/mol. The Morgan fingerprint density at radius 3 is 2.43 bits per heavy atom. The number of amides is 1. The van der Waals surface area contributed by atoms with Crippen LogP contribution in [0.5, 0.6) is 0 Å². The molecule has 1 aliphatic rings. The molecule has 0 saturated carbocycles. The van der Waals surface area contributed by atoms with E-state index >= 15 is 0 Å². The van der Waals surface area contributed by atoms with Gasteiger partial charge in [0.2, 0.25) is 0 Å². The number of carboxylic acid groups (broad SMARTS) is 2. The van der Waals surface area contributed by atoms with Gasteiger partial charge >= 0.3 is 5.97 Å². The number of hydrogen-bond acceptors (Lipinski definition) is 4. The third-order valence-corrected chi connectivity index (χ3v) is 3.39. The second-order valence-corrected chi connectivity index (χ2v) is 5.13. The van der Waals surface area contributed by atoms with Gasteiger partial charge in [0, 0.05) is 32.1 Å². The number of nitrogens with one attached hydrogen (secondary N) is 1. The van der Waals surface area contributed by atoms with Gasteiger partial charge in [-0.15, -0.1) is 0 Å². The van der Waals surface area contributed by atoms with Gasteiger partial charge in [-0.2, -0.15) is 0 Å². The van der Waals surface area contributed by atoms with Crippen molar-refractivity contribution in [3.8, 4) is 0 Å². The van der Waals surface area contributed by atoms with Crippen molar-refractivity contribution < 1.29 is 24.6 Å². The van der Waals surface area contributed by atoms with Crippen LogP contribution in [0.3, 0.4) is 0 Å². The summed E-state index contributed by atoms with van der Waals surface area (Å²) in [5.74, 6) is -1.83. The van der Waals surface area contributed by atoms with Crippen LogP contribution < -0.4 is 5.32 Å². The van der Waals surface area contributed by atoms with Crippen LogP contribution in [0.25, 0.3) is 0 Å². The smallest absolute Gasteiger partial charge is 0.322 e. The Labute approximate surface area is 134 Å². The number of aliphatic carboxylic acids is 2. The van der Waals surface area contributed by atoms with Gasteiger partial charge in [-0.25, -0.2) is 0 Å². The Morgan fingerprint density at radius 1 is 1.26 bits per heavy atom. The largest absolute Gasteiger partial charge is 0.481 e. The fraction of sp³-hybridized carbons (Fsp3) is 0.438. The van der Waals surface area contributed by atoms with Crippen LogP contribution in [0.15, 0.2) is 24.3 Å². The molecule has 7 nitrogen and oxygen atoms in total. The first-order valence-electron chi connectivity index (χ1n) is 7.39. The molecule has 126 valence electrons. The molecule has 3 N–H and O–H groups in total. The standard InChI is InChI=1S/C14H18N2O3.C2H4O2/c1-2-10-5-3-4-6-11(10)13(17)16-8-7-15-12(9-16)14(18)19;1-2(3)4/h3-6,12,15H,2,7-9H2,1H3,(H,18,19);1H3,(H,3,4). The zero-order valence-corrected chi connectivity index (χ0v) is 13.3. The maximum atomic E-state index is 12.5. The summed E-state index contributed by atoms with van der Waals surface area (Å²) < 4.78 is 0. The van der Waals surface area contributed by atoms with Gasteiger partial charge < -0.3 is 20.4 Å². The molecule has 1 aromatic rings. The van der Waals surface area contributed by atoms with Crippen LogP contribution in [0.4, 0.5) is 0 Å². The zero-order valence-electron chi connectivity index (χ0n) is 13.3. The van der Waals surface area contributed by atoms with E-state index in [9.17, 15) is 9.59 Å². The van der Waals surface area contributed by atoms with E-state index in [4.69, 9.17) is 15.0 Å². The van der Waals surface area contributed by atoms with Crippen molar-refractivity contribution in [3.63, 3.8) is 0 Å². The Kier molecular flexibility index (Phi) is 7.21. The lowest BCUT2D eigenvalue weighted by molar-refractivity contribution is -0.140. The monoisotopic (exact) mass is 322 g/mol. The maximum Gasteiger partial charge on any atom is 0.322 e. The van der Waals surface area contributed by atoms with Crippen molar-refractivity contribution in [1.82, 2.24) is 10.2 Å². The summed E-state index contributed by atoms with van der Waals surface area (Å²) in [6, 6.07) is 6.81. The van der Waals surface area contributed by atoms with Crippen LogP contribution in [0, 0.1) is 0 Å². The fourth-order valence-electron chi connectivity index (χ4n) is 2.31. The molecule has 0 bridgehead atoms. The highest BCUT2D eigenvalue weighted by atomic mass is 16.4. The minimum atomic E-state index is -0.915. The summed E-state index contributed by atoms with van der Waals surface area (Å²) in [5.41, 5.74) is 1.67. The first-order valence-corrected chi connectivity index (χ1v) is 7.39. The van der Waals surface area contributed by atoms with Gasteiger partial charge in [0.15, 0.2) is 0 Å². The number of aryl methyl sites for hydroxylation is 1. The first kappa shape index (κ1) is 18.6. The summed E-state index contributed by atoms with van der Waals surface area (Å²) in [7, 11) is 0. The molecule has 1 aromatic carbocycles. The van der Waals surface area contributed by atoms with Crippen LogP contribution in [-0.2, 0) is 16.0 Å². The van der Waals surface area contributed by atoms with Crippen molar-refractivity contribution in [2.45, 2.75) is 26.3 Å². The quantitative estimate of drug-likeness (QED) is 0.761. The third-order valence-electron chi connectivity index (χ3n) is 3.39. The van der Waals surface area contributed by atoms with Gasteiger partial charge in [0.25, 0.3) is 11.9 Å². The van der Waals surface area contributed by atoms with Gasteiger partial charge in [-0.3, -0.25) is 14.4 Å². The van der Waals surface area contributed by atoms with E-state index in [-0.39, 0.29) is 12.5 Å². The number of carbonyl (C=O) groups is 3. The molecule has 1 amide bonds. The van der Waals surface area contributed by atoms with Crippen LogP contribution in [0.1, 0.15) is 29.8 Å². The van der Waals surface area contributed by atoms with E-state index in [2.05, 4.69) is 5.32 Å². The molecule has 0 aliphatic carbocycles. The Bertz CT molecular complexity index is 569. The predicted octanol–water partition coefficient (Wildman–Crippen LogP) is 0.839. The predicted molar refractivity (Wildman–Crippen MR) is 84.5 cm³/mol. The third kappa shape index (κ3) is 5.71. The van der Waals surface area contributed by atoms with Crippen LogP contribution in [-0.4, -0.2) is 58.6 Å². The van der Waals surface area contributed by atoms with E-state index in [1.165, 1.54) is 0 Å². The second-order valence-electron chi connectivity index (χ2n) is 5.13. The molecule has 1 saturated heterocycles. The van der Waals surface area contributed by atoms with E-state index in [0.717, 1.165) is 18.9 Å². The summed E-state index contributed by atoms with van der Waals surface area (Å²) in [6.07, 6.45) is 0.788.